The average Bonchev–Trinajstić information content (AvgIpc) is 3.21. The average molecular weight is 763 g/mol. The van der Waals surface area contributed by atoms with Crippen molar-refractivity contribution in [1.29, 1.82) is 0 Å². The minimum Gasteiger partial charge on any atom is -0.309 e. The molecular weight excluding hydrogens is 705 g/mol. The minimum atomic E-state index is -1.57. The Hall–Kier alpha value is -5.38. The standard InChI is InChI=1S/C54H58N2Si/c1-11-57(12-2,13-3)45-34-38(6)53(39(7)35-45)56(44-22-18-15-19-23-44)49-31-27-41-24-28-46-48(30-26-40-25-29-47(49)51(41)50(40)46)55(43-20-16-14-17-21-43)52-36(4)32-42(33-37(52)5)54(8,9)10/h14-35H,11-13H2,1-10H3. The molecule has 8 aromatic rings. The molecule has 3 heteroatoms. The number of benzene rings is 8. The van der Waals surface area contributed by atoms with E-state index in [-0.39, 0.29) is 5.41 Å². The fourth-order valence-corrected chi connectivity index (χ4v) is 13.6. The van der Waals surface area contributed by atoms with E-state index in [4.69, 9.17) is 0 Å². The molecule has 8 aromatic carbocycles. The summed E-state index contributed by atoms with van der Waals surface area (Å²) in [6.07, 6.45) is 0. The van der Waals surface area contributed by atoms with Crippen LogP contribution in [-0.4, -0.2) is 8.07 Å². The summed E-state index contributed by atoms with van der Waals surface area (Å²) in [5.41, 5.74) is 14.0. The van der Waals surface area contributed by atoms with E-state index in [1.807, 2.05) is 0 Å². The topological polar surface area (TPSA) is 6.48 Å². The van der Waals surface area contributed by atoms with Crippen LogP contribution in [0, 0.1) is 27.7 Å². The fourth-order valence-electron chi connectivity index (χ4n) is 9.81. The van der Waals surface area contributed by atoms with Crippen molar-refractivity contribution in [3.05, 3.63) is 161 Å². The van der Waals surface area contributed by atoms with Crippen LogP contribution in [-0.2, 0) is 5.41 Å². The fraction of sp³-hybridized carbons (Fsp3) is 0.259. The summed E-state index contributed by atoms with van der Waals surface area (Å²) in [5, 5.41) is 9.28. The molecule has 0 amide bonds. The number of anilines is 6. The van der Waals surface area contributed by atoms with Gasteiger partial charge in [-0.1, -0.05) is 162 Å². The second-order valence-corrected chi connectivity index (χ2v) is 22.7. The third-order valence-electron chi connectivity index (χ3n) is 13.1. The van der Waals surface area contributed by atoms with Gasteiger partial charge in [-0.15, -0.1) is 0 Å². The van der Waals surface area contributed by atoms with Gasteiger partial charge in [-0.05, 0) is 119 Å². The molecule has 0 aliphatic rings. The summed E-state index contributed by atoms with van der Waals surface area (Å²) in [6.45, 7) is 23.4. The SMILES string of the molecule is CC[Si](CC)(CC)c1cc(C)c(N(c2ccccc2)c2ccc3ccc4c(N(c5ccccc5)c5c(C)cc(C(C)(C)C)cc5C)ccc5ccc2c3c54)c(C)c1. The molecule has 0 radical (unpaired) electrons. The lowest BCUT2D eigenvalue weighted by Gasteiger charge is -2.34. The normalized spacial score (nSPS) is 12.2. The maximum Gasteiger partial charge on any atom is 0.0859 e. The van der Waals surface area contributed by atoms with Crippen LogP contribution in [0.2, 0.25) is 18.1 Å². The van der Waals surface area contributed by atoms with Crippen molar-refractivity contribution in [2.75, 3.05) is 9.80 Å². The van der Waals surface area contributed by atoms with Gasteiger partial charge in [0.2, 0.25) is 0 Å². The van der Waals surface area contributed by atoms with Crippen molar-refractivity contribution in [3.8, 4) is 0 Å². The Morgan fingerprint density at radius 3 is 1.19 bits per heavy atom. The molecule has 0 atom stereocenters. The minimum absolute atomic E-state index is 0.0654. The van der Waals surface area contributed by atoms with Gasteiger partial charge in [0, 0.05) is 22.1 Å². The molecule has 0 aliphatic carbocycles. The van der Waals surface area contributed by atoms with Crippen LogP contribution < -0.4 is 15.0 Å². The first-order valence-electron chi connectivity index (χ1n) is 21.0. The van der Waals surface area contributed by atoms with Crippen LogP contribution in [0.15, 0.2) is 133 Å². The van der Waals surface area contributed by atoms with E-state index < -0.39 is 8.07 Å². The van der Waals surface area contributed by atoms with Crippen LogP contribution in [0.1, 0.15) is 69.4 Å². The van der Waals surface area contributed by atoms with E-state index in [1.54, 1.807) is 5.19 Å². The first-order valence-corrected chi connectivity index (χ1v) is 23.7. The number of aryl methyl sites for hydroxylation is 4. The van der Waals surface area contributed by atoms with Gasteiger partial charge in [0.05, 0.1) is 30.8 Å². The molecular formula is C54H58N2Si. The third kappa shape index (κ3) is 6.50. The zero-order valence-electron chi connectivity index (χ0n) is 35.7. The van der Waals surface area contributed by atoms with Gasteiger partial charge in [0.15, 0.2) is 0 Å². The Balaban J connectivity index is 1.39. The molecule has 0 saturated carbocycles. The van der Waals surface area contributed by atoms with Gasteiger partial charge >= 0.3 is 0 Å². The van der Waals surface area contributed by atoms with Crippen LogP contribution in [0.3, 0.4) is 0 Å². The Kier molecular flexibility index (Phi) is 10.0. The predicted octanol–water partition coefficient (Wildman–Crippen LogP) is 15.8. The summed E-state index contributed by atoms with van der Waals surface area (Å²) in [4.78, 5) is 5.04. The summed E-state index contributed by atoms with van der Waals surface area (Å²) in [6, 6.07) is 54.4. The van der Waals surface area contributed by atoms with Gasteiger partial charge in [-0.3, -0.25) is 0 Å². The van der Waals surface area contributed by atoms with Crippen LogP contribution in [0.4, 0.5) is 34.1 Å². The van der Waals surface area contributed by atoms with Gasteiger partial charge in [-0.25, -0.2) is 0 Å². The first kappa shape index (κ1) is 38.5. The van der Waals surface area contributed by atoms with Gasteiger partial charge < -0.3 is 9.80 Å². The third-order valence-corrected chi connectivity index (χ3v) is 18.6. The maximum atomic E-state index is 2.54. The Labute approximate surface area is 342 Å². The molecule has 8 rings (SSSR count). The van der Waals surface area contributed by atoms with E-state index in [0.717, 1.165) is 5.69 Å². The lowest BCUT2D eigenvalue weighted by molar-refractivity contribution is 0.589. The Morgan fingerprint density at radius 1 is 0.456 bits per heavy atom. The predicted molar refractivity (Wildman–Crippen MR) is 254 cm³/mol. The van der Waals surface area contributed by atoms with Crippen LogP contribution in [0.5, 0.6) is 0 Å². The molecule has 0 bridgehead atoms. The smallest absolute Gasteiger partial charge is 0.0859 e. The largest absolute Gasteiger partial charge is 0.309 e. The molecule has 0 heterocycles. The zero-order chi connectivity index (χ0) is 40.2. The highest BCUT2D eigenvalue weighted by molar-refractivity contribution is 6.91. The van der Waals surface area contributed by atoms with Gasteiger partial charge in [0.1, 0.15) is 0 Å². The van der Waals surface area contributed by atoms with E-state index in [9.17, 15) is 0 Å². The first-order chi connectivity index (χ1) is 27.4. The van der Waals surface area contributed by atoms with Crippen molar-refractivity contribution < 1.29 is 0 Å². The number of hydrogen-bond donors (Lipinski definition) is 0. The van der Waals surface area contributed by atoms with E-state index in [2.05, 4.69) is 212 Å². The number of para-hydroxylation sites is 2. The molecule has 288 valence electrons. The van der Waals surface area contributed by atoms with Crippen LogP contribution >= 0.6 is 0 Å². The van der Waals surface area contributed by atoms with Crippen molar-refractivity contribution >= 4 is 79.7 Å². The molecule has 0 fully saturated rings. The number of rotatable bonds is 10. The van der Waals surface area contributed by atoms with E-state index in [0.29, 0.717) is 0 Å². The highest BCUT2D eigenvalue weighted by Crippen LogP contribution is 2.49. The lowest BCUT2D eigenvalue weighted by Crippen LogP contribution is -2.46. The Morgan fingerprint density at radius 2 is 0.825 bits per heavy atom. The summed E-state index contributed by atoms with van der Waals surface area (Å²) < 4.78 is 0. The van der Waals surface area contributed by atoms with Crippen LogP contribution in [0.25, 0.3) is 32.3 Å². The van der Waals surface area contributed by atoms with Crippen molar-refractivity contribution in [2.45, 2.75) is 92.8 Å². The number of nitrogens with zero attached hydrogens (tertiary/aromatic N) is 2. The zero-order valence-corrected chi connectivity index (χ0v) is 36.7. The maximum absolute atomic E-state index is 2.54. The van der Waals surface area contributed by atoms with Crippen molar-refractivity contribution in [3.63, 3.8) is 0 Å². The second kappa shape index (κ2) is 14.8. The Bertz CT molecular complexity index is 2660. The van der Waals surface area contributed by atoms with Gasteiger partial charge in [0.25, 0.3) is 0 Å². The van der Waals surface area contributed by atoms with E-state index >= 15 is 0 Å². The molecule has 0 aliphatic heterocycles. The molecule has 2 nitrogen and oxygen atoms in total. The molecule has 57 heavy (non-hydrogen) atoms. The monoisotopic (exact) mass is 762 g/mol. The molecule has 0 N–H and O–H groups in total. The molecule has 0 saturated heterocycles. The number of hydrogen-bond acceptors (Lipinski definition) is 2. The molecule has 0 spiro atoms. The second-order valence-electron chi connectivity index (χ2n) is 17.4. The highest BCUT2D eigenvalue weighted by atomic mass is 28.3. The lowest BCUT2D eigenvalue weighted by atomic mass is 9.84. The summed E-state index contributed by atoms with van der Waals surface area (Å²) >= 11 is 0. The molecule has 0 unspecified atom stereocenters. The van der Waals surface area contributed by atoms with Gasteiger partial charge in [-0.2, -0.15) is 0 Å². The van der Waals surface area contributed by atoms with E-state index in [1.165, 1.54) is 107 Å². The molecule has 0 aromatic heterocycles. The van der Waals surface area contributed by atoms with Crippen molar-refractivity contribution in [2.24, 2.45) is 0 Å². The summed E-state index contributed by atoms with van der Waals surface area (Å²) in [5.74, 6) is 0. The highest BCUT2D eigenvalue weighted by Gasteiger charge is 2.31. The quantitative estimate of drug-likeness (QED) is 0.101. The van der Waals surface area contributed by atoms with Crippen molar-refractivity contribution in [1.82, 2.24) is 0 Å². The summed E-state index contributed by atoms with van der Waals surface area (Å²) in [7, 11) is -1.57.